The van der Waals surface area contributed by atoms with Crippen molar-refractivity contribution in [2.24, 2.45) is 5.73 Å². The minimum atomic E-state index is -0.584. The fraction of sp³-hybridized carbons (Fsp3) is 0.250. The summed E-state index contributed by atoms with van der Waals surface area (Å²) in [5.74, 6) is -1.13. The first-order valence-electron chi connectivity index (χ1n) is 6.67. The van der Waals surface area contributed by atoms with Crippen molar-refractivity contribution in [3.63, 3.8) is 0 Å². The largest absolute Gasteiger partial charge is 0.463 e. The molecule has 0 fully saturated rings. The molecule has 0 amide bonds. The molecule has 1 aromatic carbocycles. The van der Waals surface area contributed by atoms with E-state index < -0.39 is 11.9 Å². The van der Waals surface area contributed by atoms with Gasteiger partial charge in [0.1, 0.15) is 0 Å². The van der Waals surface area contributed by atoms with Crippen LogP contribution in [0, 0.1) is 0 Å². The molecule has 0 unspecified atom stereocenters. The van der Waals surface area contributed by atoms with Gasteiger partial charge in [0.05, 0.1) is 24.5 Å². The lowest BCUT2D eigenvalue weighted by Gasteiger charge is -2.08. The highest BCUT2D eigenvalue weighted by Gasteiger charge is 2.14. The molecule has 0 radical (unpaired) electrons. The van der Waals surface area contributed by atoms with Gasteiger partial charge in [-0.15, -0.1) is 0 Å². The van der Waals surface area contributed by atoms with Gasteiger partial charge in [0.15, 0.2) is 0 Å². The minimum Gasteiger partial charge on any atom is -0.463 e. The molecule has 0 saturated heterocycles. The van der Waals surface area contributed by atoms with Crippen molar-refractivity contribution in [1.82, 2.24) is 0 Å². The highest BCUT2D eigenvalue weighted by Crippen LogP contribution is 2.16. The molecular weight excluding hydrogens is 270 g/mol. The molecule has 0 saturated carbocycles. The number of esters is 2. The van der Waals surface area contributed by atoms with E-state index in [0.717, 1.165) is 6.08 Å². The molecule has 1 aromatic rings. The van der Waals surface area contributed by atoms with Crippen LogP contribution in [0.25, 0.3) is 5.70 Å². The van der Waals surface area contributed by atoms with Crippen molar-refractivity contribution in [2.75, 3.05) is 13.2 Å². The van der Waals surface area contributed by atoms with Gasteiger partial charge in [-0.25, -0.2) is 9.59 Å². The van der Waals surface area contributed by atoms with Crippen LogP contribution in [0.4, 0.5) is 0 Å². The molecule has 0 aliphatic carbocycles. The van der Waals surface area contributed by atoms with Crippen LogP contribution >= 0.6 is 0 Å². The molecule has 21 heavy (non-hydrogen) atoms. The van der Waals surface area contributed by atoms with Gasteiger partial charge < -0.3 is 15.2 Å². The van der Waals surface area contributed by atoms with Gasteiger partial charge in [0, 0.05) is 6.08 Å². The van der Waals surface area contributed by atoms with Gasteiger partial charge in [0.25, 0.3) is 0 Å². The predicted octanol–water partition coefficient (Wildman–Crippen LogP) is 2.04. The van der Waals surface area contributed by atoms with E-state index in [2.05, 4.69) is 0 Å². The standard InChI is InChI=1S/C16H19NO4/c1-3-20-14(18)11-10-13(16(19)21-4-2)15(17)12-8-6-5-7-9-12/h5-11H,3-4,17H2,1-2H3/b11-10+,15-13-. The lowest BCUT2D eigenvalue weighted by Crippen LogP contribution is -2.13. The quantitative estimate of drug-likeness (QED) is 0.492. The summed E-state index contributed by atoms with van der Waals surface area (Å²) in [5, 5.41) is 0. The average Bonchev–Trinajstić information content (AvgIpc) is 2.48. The van der Waals surface area contributed by atoms with Gasteiger partial charge in [-0.05, 0) is 25.5 Å². The molecule has 0 atom stereocenters. The Morgan fingerprint density at radius 3 is 2.24 bits per heavy atom. The molecule has 0 aromatic heterocycles. The second-order valence-electron chi connectivity index (χ2n) is 4.00. The Morgan fingerprint density at radius 1 is 1.05 bits per heavy atom. The number of hydrogen-bond donors (Lipinski definition) is 1. The maximum Gasteiger partial charge on any atom is 0.340 e. The molecule has 2 N–H and O–H groups in total. The summed E-state index contributed by atoms with van der Waals surface area (Å²) in [6.45, 7) is 3.88. The SMILES string of the molecule is CCOC(=O)/C=C/C(C(=O)OCC)=C(/N)c1ccccc1. The van der Waals surface area contributed by atoms with Crippen molar-refractivity contribution >= 4 is 17.6 Å². The first kappa shape index (κ1) is 16.5. The third-order valence-electron chi connectivity index (χ3n) is 2.54. The summed E-state index contributed by atoms with van der Waals surface area (Å²) in [6.07, 6.45) is 2.48. The van der Waals surface area contributed by atoms with Crippen molar-refractivity contribution in [3.8, 4) is 0 Å². The fourth-order valence-electron chi connectivity index (χ4n) is 1.59. The highest BCUT2D eigenvalue weighted by atomic mass is 16.5. The topological polar surface area (TPSA) is 78.6 Å². The normalized spacial score (nSPS) is 11.9. The van der Waals surface area contributed by atoms with Crippen molar-refractivity contribution < 1.29 is 19.1 Å². The molecule has 0 aliphatic rings. The van der Waals surface area contributed by atoms with E-state index in [1.54, 1.807) is 38.1 Å². The summed E-state index contributed by atoms with van der Waals surface area (Å²) in [4.78, 5) is 23.3. The van der Waals surface area contributed by atoms with Crippen LogP contribution in [0.3, 0.4) is 0 Å². The fourth-order valence-corrected chi connectivity index (χ4v) is 1.59. The third kappa shape index (κ3) is 5.14. The van der Waals surface area contributed by atoms with Crippen molar-refractivity contribution in [2.45, 2.75) is 13.8 Å². The number of ether oxygens (including phenoxy) is 2. The first-order valence-corrected chi connectivity index (χ1v) is 6.67. The molecule has 5 heteroatoms. The zero-order valence-corrected chi connectivity index (χ0v) is 12.2. The maximum absolute atomic E-state index is 12.0. The Morgan fingerprint density at radius 2 is 1.67 bits per heavy atom. The first-order chi connectivity index (χ1) is 10.1. The lowest BCUT2D eigenvalue weighted by molar-refractivity contribution is -0.138. The van der Waals surface area contributed by atoms with Crippen LogP contribution in [0.5, 0.6) is 0 Å². The van der Waals surface area contributed by atoms with Gasteiger partial charge in [-0.2, -0.15) is 0 Å². The van der Waals surface area contributed by atoms with Gasteiger partial charge in [0.2, 0.25) is 0 Å². The number of nitrogens with two attached hydrogens (primary N) is 1. The van der Waals surface area contributed by atoms with E-state index in [4.69, 9.17) is 15.2 Å². The Balaban J connectivity index is 3.13. The number of rotatable bonds is 6. The Bertz CT molecular complexity index is 547. The van der Waals surface area contributed by atoms with Crippen LogP contribution < -0.4 is 5.73 Å². The second-order valence-corrected chi connectivity index (χ2v) is 4.00. The molecule has 0 aliphatic heterocycles. The molecular formula is C16H19NO4. The van der Waals surface area contributed by atoms with Crippen LogP contribution in [0.1, 0.15) is 19.4 Å². The zero-order valence-electron chi connectivity index (χ0n) is 12.2. The Hall–Kier alpha value is -2.56. The van der Waals surface area contributed by atoms with Crippen molar-refractivity contribution in [3.05, 3.63) is 53.6 Å². The Kier molecular flexibility index (Phi) is 6.74. The molecule has 5 nitrogen and oxygen atoms in total. The minimum absolute atomic E-state index is 0.121. The number of carbonyl (C=O) groups is 2. The molecule has 1 rings (SSSR count). The highest BCUT2D eigenvalue weighted by molar-refractivity contribution is 6.01. The molecule has 0 bridgehead atoms. The van der Waals surface area contributed by atoms with Crippen LogP contribution in [-0.2, 0) is 19.1 Å². The summed E-state index contributed by atoms with van der Waals surface area (Å²) >= 11 is 0. The lowest BCUT2D eigenvalue weighted by atomic mass is 10.1. The van der Waals surface area contributed by atoms with E-state index in [0.29, 0.717) is 5.56 Å². The summed E-state index contributed by atoms with van der Waals surface area (Å²) in [7, 11) is 0. The van der Waals surface area contributed by atoms with Gasteiger partial charge in [-0.1, -0.05) is 30.3 Å². The summed E-state index contributed by atoms with van der Waals surface area (Å²) in [6, 6.07) is 8.99. The van der Waals surface area contributed by atoms with Gasteiger partial charge in [-0.3, -0.25) is 0 Å². The molecule has 112 valence electrons. The monoisotopic (exact) mass is 289 g/mol. The van der Waals surface area contributed by atoms with Crippen LogP contribution in [0.2, 0.25) is 0 Å². The maximum atomic E-state index is 12.0. The van der Waals surface area contributed by atoms with E-state index in [1.807, 2.05) is 6.07 Å². The van der Waals surface area contributed by atoms with Crippen LogP contribution in [-0.4, -0.2) is 25.2 Å². The predicted molar refractivity (Wildman–Crippen MR) is 80.0 cm³/mol. The molecule has 0 heterocycles. The van der Waals surface area contributed by atoms with Crippen LogP contribution in [0.15, 0.2) is 48.1 Å². The third-order valence-corrected chi connectivity index (χ3v) is 2.54. The molecule has 0 spiro atoms. The van der Waals surface area contributed by atoms with E-state index >= 15 is 0 Å². The summed E-state index contributed by atoms with van der Waals surface area (Å²) < 4.78 is 9.73. The number of hydrogen-bond acceptors (Lipinski definition) is 5. The number of carbonyl (C=O) groups excluding carboxylic acids is 2. The second kappa shape index (κ2) is 8.58. The Labute approximate surface area is 124 Å². The van der Waals surface area contributed by atoms with Gasteiger partial charge >= 0.3 is 11.9 Å². The zero-order chi connectivity index (χ0) is 15.7. The number of benzene rings is 1. The summed E-state index contributed by atoms with van der Waals surface area (Å²) in [5.41, 5.74) is 7.05. The average molecular weight is 289 g/mol. The van der Waals surface area contributed by atoms with Crippen molar-refractivity contribution in [1.29, 1.82) is 0 Å². The van der Waals surface area contributed by atoms with E-state index in [1.165, 1.54) is 6.08 Å². The smallest absolute Gasteiger partial charge is 0.340 e. The van der Waals surface area contributed by atoms with E-state index in [-0.39, 0.29) is 24.5 Å². The van der Waals surface area contributed by atoms with E-state index in [9.17, 15) is 9.59 Å².